The Hall–Kier alpha value is -1.82. The molecule has 1 aliphatic carbocycles. The first-order chi connectivity index (χ1) is 7.90. The lowest BCUT2D eigenvalue weighted by atomic mass is 9.99. The molecule has 0 fully saturated rings. The second-order valence-electron chi connectivity index (χ2n) is 4.27. The van der Waals surface area contributed by atoms with Gasteiger partial charge in [-0.15, -0.1) is 6.58 Å². The number of benzene rings is 2. The third-order valence-corrected chi connectivity index (χ3v) is 3.31. The van der Waals surface area contributed by atoms with E-state index in [4.69, 9.17) is 0 Å². The number of allylic oxidation sites excluding steroid dienone is 1. The second kappa shape index (κ2) is 3.64. The molecular weight excluding hydrogens is 192 g/mol. The third-order valence-electron chi connectivity index (χ3n) is 3.31. The normalized spacial score (nSPS) is 12.0. The molecule has 78 valence electrons. The van der Waals surface area contributed by atoms with Crippen LogP contribution in [0.2, 0.25) is 0 Å². The summed E-state index contributed by atoms with van der Waals surface area (Å²) in [5, 5.41) is 0. The molecule has 0 amide bonds. The zero-order chi connectivity index (χ0) is 11.0. The summed E-state index contributed by atoms with van der Waals surface area (Å²) in [5.74, 6) is 0. The smallest absolute Gasteiger partial charge is 0.00106 e. The minimum atomic E-state index is 0.969. The molecular formula is C16H14. The summed E-state index contributed by atoms with van der Waals surface area (Å²) >= 11 is 0. The maximum atomic E-state index is 3.83. The summed E-state index contributed by atoms with van der Waals surface area (Å²) in [6.07, 6.45) is 4.03. The molecule has 2 aromatic rings. The molecule has 0 unspecified atom stereocenters. The van der Waals surface area contributed by atoms with Crippen molar-refractivity contribution in [2.75, 3.05) is 0 Å². The van der Waals surface area contributed by atoms with Gasteiger partial charge in [0.15, 0.2) is 0 Å². The van der Waals surface area contributed by atoms with Crippen molar-refractivity contribution in [3.8, 4) is 11.1 Å². The summed E-state index contributed by atoms with van der Waals surface area (Å²) in [6.45, 7) is 3.83. The quantitative estimate of drug-likeness (QED) is 0.556. The van der Waals surface area contributed by atoms with Gasteiger partial charge in [0, 0.05) is 0 Å². The van der Waals surface area contributed by atoms with Crippen LogP contribution in [0, 0.1) is 0 Å². The van der Waals surface area contributed by atoms with Crippen LogP contribution in [0.5, 0.6) is 0 Å². The molecule has 0 N–H and O–H groups in total. The van der Waals surface area contributed by atoms with Gasteiger partial charge in [-0.1, -0.05) is 48.5 Å². The van der Waals surface area contributed by atoms with E-state index in [1.54, 1.807) is 0 Å². The van der Waals surface area contributed by atoms with Crippen LogP contribution in [-0.4, -0.2) is 0 Å². The number of hydrogen-bond donors (Lipinski definition) is 0. The molecule has 3 rings (SSSR count). The minimum Gasteiger partial charge on any atom is -0.103 e. The standard InChI is InChI=1S/C16H14/c1-2-6-12-8-5-10-15-14-9-4-3-7-13(14)11-16(12)15/h2-5,7-10H,1,6,11H2. The van der Waals surface area contributed by atoms with E-state index >= 15 is 0 Å². The monoisotopic (exact) mass is 206 g/mol. The molecule has 1 aliphatic rings. The minimum absolute atomic E-state index is 0.969. The lowest BCUT2D eigenvalue weighted by molar-refractivity contribution is 1.16. The zero-order valence-corrected chi connectivity index (χ0v) is 9.24. The van der Waals surface area contributed by atoms with Crippen LogP contribution in [0.25, 0.3) is 11.1 Å². The van der Waals surface area contributed by atoms with Gasteiger partial charge in [0.2, 0.25) is 0 Å². The highest BCUT2D eigenvalue weighted by molar-refractivity contribution is 5.77. The van der Waals surface area contributed by atoms with Crippen molar-refractivity contribution in [1.82, 2.24) is 0 Å². The number of rotatable bonds is 2. The summed E-state index contributed by atoms with van der Waals surface area (Å²) < 4.78 is 0. The Bertz CT molecular complexity index is 550. The summed E-state index contributed by atoms with van der Waals surface area (Å²) in [4.78, 5) is 0. The fourth-order valence-corrected chi connectivity index (χ4v) is 2.57. The Morgan fingerprint density at radius 2 is 1.81 bits per heavy atom. The molecule has 0 heteroatoms. The topological polar surface area (TPSA) is 0 Å². The lowest BCUT2D eigenvalue weighted by Gasteiger charge is -2.05. The van der Waals surface area contributed by atoms with Crippen LogP contribution in [-0.2, 0) is 12.8 Å². The zero-order valence-electron chi connectivity index (χ0n) is 9.24. The predicted octanol–water partition coefficient (Wildman–Crippen LogP) is 3.99. The van der Waals surface area contributed by atoms with Crippen molar-refractivity contribution in [3.05, 3.63) is 71.8 Å². The molecule has 0 aromatic heterocycles. The molecule has 0 saturated heterocycles. The molecule has 0 radical (unpaired) electrons. The van der Waals surface area contributed by atoms with Crippen LogP contribution in [0.1, 0.15) is 16.7 Å². The van der Waals surface area contributed by atoms with Gasteiger partial charge < -0.3 is 0 Å². The van der Waals surface area contributed by atoms with E-state index in [0.29, 0.717) is 0 Å². The summed E-state index contributed by atoms with van der Waals surface area (Å²) in [6, 6.07) is 15.3. The number of fused-ring (bicyclic) bond motifs is 3. The van der Waals surface area contributed by atoms with E-state index in [-0.39, 0.29) is 0 Å². The predicted molar refractivity (Wildman–Crippen MR) is 68.6 cm³/mol. The van der Waals surface area contributed by atoms with E-state index in [1.165, 1.54) is 27.8 Å². The van der Waals surface area contributed by atoms with Gasteiger partial charge in [-0.05, 0) is 40.7 Å². The molecule has 0 nitrogen and oxygen atoms in total. The third kappa shape index (κ3) is 1.30. The first-order valence-electron chi connectivity index (χ1n) is 5.70. The molecule has 0 bridgehead atoms. The van der Waals surface area contributed by atoms with Crippen LogP contribution >= 0.6 is 0 Å². The van der Waals surface area contributed by atoms with Gasteiger partial charge in [-0.3, -0.25) is 0 Å². The fraction of sp³-hybridized carbons (Fsp3) is 0.125. The van der Waals surface area contributed by atoms with Crippen molar-refractivity contribution in [2.24, 2.45) is 0 Å². The average molecular weight is 206 g/mol. The fourth-order valence-electron chi connectivity index (χ4n) is 2.57. The molecule has 2 aromatic carbocycles. The van der Waals surface area contributed by atoms with E-state index in [2.05, 4.69) is 49.0 Å². The number of hydrogen-bond acceptors (Lipinski definition) is 0. The summed E-state index contributed by atoms with van der Waals surface area (Å²) in [7, 11) is 0. The highest BCUT2D eigenvalue weighted by atomic mass is 14.2. The molecule has 0 heterocycles. The Morgan fingerprint density at radius 1 is 1.00 bits per heavy atom. The SMILES string of the molecule is C=CCc1cccc2c1Cc1ccccc1-2. The van der Waals surface area contributed by atoms with Crippen molar-refractivity contribution in [2.45, 2.75) is 12.8 Å². The first-order valence-corrected chi connectivity index (χ1v) is 5.70. The largest absolute Gasteiger partial charge is 0.103 e. The van der Waals surface area contributed by atoms with Gasteiger partial charge in [0.25, 0.3) is 0 Å². The van der Waals surface area contributed by atoms with Crippen LogP contribution < -0.4 is 0 Å². The molecule has 0 atom stereocenters. The molecule has 0 saturated carbocycles. The van der Waals surface area contributed by atoms with Gasteiger partial charge in [0.1, 0.15) is 0 Å². The van der Waals surface area contributed by atoms with Gasteiger partial charge >= 0.3 is 0 Å². The van der Waals surface area contributed by atoms with Gasteiger partial charge in [0.05, 0.1) is 0 Å². The lowest BCUT2D eigenvalue weighted by Crippen LogP contribution is -1.90. The maximum Gasteiger partial charge on any atom is -0.00106 e. The van der Waals surface area contributed by atoms with Crippen LogP contribution in [0.4, 0.5) is 0 Å². The Kier molecular flexibility index (Phi) is 2.14. The molecule has 0 aliphatic heterocycles. The van der Waals surface area contributed by atoms with Gasteiger partial charge in [-0.25, -0.2) is 0 Å². The Labute approximate surface area is 96.3 Å². The van der Waals surface area contributed by atoms with Gasteiger partial charge in [-0.2, -0.15) is 0 Å². The van der Waals surface area contributed by atoms with E-state index in [1.807, 2.05) is 6.08 Å². The van der Waals surface area contributed by atoms with E-state index < -0.39 is 0 Å². The molecule has 16 heavy (non-hydrogen) atoms. The Balaban J connectivity index is 2.19. The van der Waals surface area contributed by atoms with E-state index in [9.17, 15) is 0 Å². The summed E-state index contributed by atoms with van der Waals surface area (Å²) in [5.41, 5.74) is 7.18. The van der Waals surface area contributed by atoms with Crippen molar-refractivity contribution in [3.63, 3.8) is 0 Å². The van der Waals surface area contributed by atoms with Crippen molar-refractivity contribution in [1.29, 1.82) is 0 Å². The highest BCUT2D eigenvalue weighted by Gasteiger charge is 2.19. The van der Waals surface area contributed by atoms with Crippen LogP contribution in [0.15, 0.2) is 55.1 Å². The average Bonchev–Trinajstić information content (AvgIpc) is 2.69. The second-order valence-corrected chi connectivity index (χ2v) is 4.27. The van der Waals surface area contributed by atoms with Crippen molar-refractivity contribution >= 4 is 0 Å². The Morgan fingerprint density at radius 3 is 2.69 bits per heavy atom. The first kappa shape index (κ1) is 9.41. The molecule has 0 spiro atoms. The maximum absolute atomic E-state index is 3.83. The van der Waals surface area contributed by atoms with Crippen molar-refractivity contribution < 1.29 is 0 Å². The highest BCUT2D eigenvalue weighted by Crippen LogP contribution is 2.38. The van der Waals surface area contributed by atoms with E-state index in [0.717, 1.165) is 12.8 Å². The van der Waals surface area contributed by atoms with Crippen LogP contribution in [0.3, 0.4) is 0 Å².